The van der Waals surface area contributed by atoms with E-state index in [0.29, 0.717) is 5.91 Å². The number of hydrogen-bond acceptors (Lipinski definition) is 2. The Hall–Kier alpha value is -1.06. The molecule has 2 fully saturated rings. The molecule has 0 bridgehead atoms. The molecule has 0 N–H and O–H groups in total. The summed E-state index contributed by atoms with van der Waals surface area (Å²) in [5.41, 5.74) is 0. The van der Waals surface area contributed by atoms with Crippen LogP contribution in [0.1, 0.15) is 45.4 Å². The Labute approximate surface area is 109 Å². The zero-order chi connectivity index (χ0) is 13.0. The van der Waals surface area contributed by atoms with Gasteiger partial charge in [0.2, 0.25) is 11.8 Å². The van der Waals surface area contributed by atoms with E-state index < -0.39 is 0 Å². The second-order valence-electron chi connectivity index (χ2n) is 5.52. The molecule has 4 nitrogen and oxygen atoms in total. The molecule has 2 aliphatic heterocycles. The molecule has 2 saturated heterocycles. The minimum Gasteiger partial charge on any atom is -0.343 e. The highest BCUT2D eigenvalue weighted by Gasteiger charge is 2.29. The molecule has 2 rings (SSSR count). The molecule has 4 heteroatoms. The first-order chi connectivity index (χ1) is 8.68. The van der Waals surface area contributed by atoms with Gasteiger partial charge in [-0.15, -0.1) is 0 Å². The zero-order valence-corrected chi connectivity index (χ0v) is 11.4. The average Bonchev–Trinajstić information content (AvgIpc) is 2.67. The molecule has 102 valence electrons. The van der Waals surface area contributed by atoms with Crippen molar-refractivity contribution in [2.45, 2.75) is 45.4 Å². The van der Waals surface area contributed by atoms with Crippen LogP contribution in [-0.2, 0) is 9.59 Å². The van der Waals surface area contributed by atoms with Crippen molar-refractivity contribution < 1.29 is 9.59 Å². The van der Waals surface area contributed by atoms with Gasteiger partial charge in [0.05, 0.1) is 0 Å². The highest BCUT2D eigenvalue weighted by atomic mass is 16.2. The van der Waals surface area contributed by atoms with E-state index in [-0.39, 0.29) is 11.8 Å². The fourth-order valence-electron chi connectivity index (χ4n) is 2.99. The predicted octanol–water partition coefficient (Wildman–Crippen LogP) is 1.65. The number of likely N-dealkylation sites (tertiary alicyclic amines) is 2. The van der Waals surface area contributed by atoms with Crippen molar-refractivity contribution in [3.63, 3.8) is 0 Å². The van der Waals surface area contributed by atoms with Crippen molar-refractivity contribution in [2.24, 2.45) is 5.92 Å². The normalized spacial score (nSPS) is 22.7. The van der Waals surface area contributed by atoms with Crippen LogP contribution >= 0.6 is 0 Å². The number of nitrogens with zero attached hydrogens (tertiary/aromatic N) is 2. The molecule has 0 aliphatic carbocycles. The maximum absolute atomic E-state index is 12.4. The summed E-state index contributed by atoms with van der Waals surface area (Å²) in [4.78, 5) is 27.6. The highest BCUT2D eigenvalue weighted by molar-refractivity contribution is 5.79. The van der Waals surface area contributed by atoms with Crippen molar-refractivity contribution in [1.29, 1.82) is 0 Å². The first kappa shape index (κ1) is 13.4. The van der Waals surface area contributed by atoms with Gasteiger partial charge in [-0.1, -0.05) is 12.8 Å². The van der Waals surface area contributed by atoms with E-state index in [1.54, 1.807) is 6.92 Å². The lowest BCUT2D eigenvalue weighted by Gasteiger charge is -2.33. The maximum atomic E-state index is 12.4. The van der Waals surface area contributed by atoms with Crippen LogP contribution < -0.4 is 0 Å². The molecule has 0 atom stereocenters. The van der Waals surface area contributed by atoms with Crippen LogP contribution in [0.4, 0.5) is 0 Å². The monoisotopic (exact) mass is 252 g/mol. The predicted molar refractivity (Wildman–Crippen MR) is 70.0 cm³/mol. The fraction of sp³-hybridized carbons (Fsp3) is 0.857. The van der Waals surface area contributed by atoms with E-state index in [1.165, 1.54) is 12.8 Å². The van der Waals surface area contributed by atoms with E-state index in [1.807, 2.05) is 4.90 Å². The van der Waals surface area contributed by atoms with Crippen LogP contribution in [-0.4, -0.2) is 47.8 Å². The molecule has 0 radical (unpaired) electrons. The molecule has 0 unspecified atom stereocenters. The molecule has 0 aromatic carbocycles. The quantitative estimate of drug-likeness (QED) is 0.712. The number of piperidine rings is 1. The van der Waals surface area contributed by atoms with Crippen LogP contribution in [0.5, 0.6) is 0 Å². The largest absolute Gasteiger partial charge is 0.343 e. The highest BCUT2D eigenvalue weighted by Crippen LogP contribution is 2.21. The van der Waals surface area contributed by atoms with Crippen LogP contribution in [0.15, 0.2) is 0 Å². The van der Waals surface area contributed by atoms with Gasteiger partial charge in [0.15, 0.2) is 0 Å². The number of amides is 2. The number of carbonyl (C=O) groups excluding carboxylic acids is 2. The second kappa shape index (κ2) is 6.21. The summed E-state index contributed by atoms with van der Waals surface area (Å²) < 4.78 is 0. The molecular weight excluding hydrogens is 228 g/mol. The summed E-state index contributed by atoms with van der Waals surface area (Å²) in [7, 11) is 0. The zero-order valence-electron chi connectivity index (χ0n) is 11.4. The van der Waals surface area contributed by atoms with Crippen LogP contribution in [0, 0.1) is 5.92 Å². The first-order valence-corrected chi connectivity index (χ1v) is 7.23. The molecule has 0 saturated carbocycles. The topological polar surface area (TPSA) is 40.6 Å². The Bertz CT molecular complexity index is 301. The minimum absolute atomic E-state index is 0.135. The van der Waals surface area contributed by atoms with Crippen LogP contribution in [0.25, 0.3) is 0 Å². The van der Waals surface area contributed by atoms with Gasteiger partial charge in [-0.3, -0.25) is 9.59 Å². The Balaban J connectivity index is 1.84. The standard InChI is InChI=1S/C14H24N2O2/c1-12(17)15-10-6-13(7-11-15)14(18)16-8-4-2-3-5-9-16/h13H,2-11H2,1H3. The van der Waals surface area contributed by atoms with Crippen molar-refractivity contribution in [3.05, 3.63) is 0 Å². The van der Waals surface area contributed by atoms with Gasteiger partial charge >= 0.3 is 0 Å². The van der Waals surface area contributed by atoms with Crippen molar-refractivity contribution in [2.75, 3.05) is 26.2 Å². The Morgan fingerprint density at radius 3 is 1.89 bits per heavy atom. The van der Waals surface area contributed by atoms with Crippen LogP contribution in [0.2, 0.25) is 0 Å². The van der Waals surface area contributed by atoms with E-state index in [2.05, 4.69) is 4.90 Å². The Morgan fingerprint density at radius 1 is 0.833 bits per heavy atom. The summed E-state index contributed by atoms with van der Waals surface area (Å²) in [6.07, 6.45) is 6.50. The van der Waals surface area contributed by atoms with Gasteiger partial charge in [0.1, 0.15) is 0 Å². The summed E-state index contributed by atoms with van der Waals surface area (Å²) in [5, 5.41) is 0. The fourth-order valence-corrected chi connectivity index (χ4v) is 2.99. The lowest BCUT2D eigenvalue weighted by molar-refractivity contribution is -0.140. The van der Waals surface area contributed by atoms with Crippen molar-refractivity contribution in [1.82, 2.24) is 9.80 Å². The minimum atomic E-state index is 0.135. The molecular formula is C14H24N2O2. The molecule has 0 aromatic rings. The third-order valence-electron chi connectivity index (χ3n) is 4.21. The second-order valence-corrected chi connectivity index (χ2v) is 5.52. The molecule has 18 heavy (non-hydrogen) atoms. The van der Waals surface area contributed by atoms with Crippen molar-refractivity contribution in [3.8, 4) is 0 Å². The Morgan fingerprint density at radius 2 is 1.39 bits per heavy atom. The third-order valence-corrected chi connectivity index (χ3v) is 4.21. The first-order valence-electron chi connectivity index (χ1n) is 7.23. The SMILES string of the molecule is CC(=O)N1CCC(C(=O)N2CCCCCC2)CC1. The molecule has 0 aromatic heterocycles. The van der Waals surface area contributed by atoms with Gasteiger partial charge in [0, 0.05) is 39.0 Å². The van der Waals surface area contributed by atoms with Gasteiger partial charge in [0.25, 0.3) is 0 Å². The van der Waals surface area contributed by atoms with Gasteiger partial charge < -0.3 is 9.80 Å². The number of rotatable bonds is 1. The van der Waals surface area contributed by atoms with E-state index in [4.69, 9.17) is 0 Å². The molecule has 2 amide bonds. The molecule has 2 heterocycles. The Kier molecular flexibility index (Phi) is 4.61. The number of carbonyl (C=O) groups is 2. The van der Waals surface area contributed by atoms with Gasteiger partial charge in [-0.2, -0.15) is 0 Å². The summed E-state index contributed by atoms with van der Waals surface area (Å²) in [6.45, 7) is 4.98. The smallest absolute Gasteiger partial charge is 0.225 e. The van der Waals surface area contributed by atoms with E-state index in [9.17, 15) is 9.59 Å². The molecule has 0 spiro atoms. The van der Waals surface area contributed by atoms with E-state index >= 15 is 0 Å². The van der Waals surface area contributed by atoms with E-state index in [0.717, 1.165) is 51.9 Å². The van der Waals surface area contributed by atoms with Gasteiger partial charge in [-0.25, -0.2) is 0 Å². The lowest BCUT2D eigenvalue weighted by Crippen LogP contribution is -2.44. The summed E-state index contributed by atoms with van der Waals surface area (Å²) in [6, 6.07) is 0. The summed E-state index contributed by atoms with van der Waals surface area (Å²) >= 11 is 0. The molecule has 2 aliphatic rings. The average molecular weight is 252 g/mol. The van der Waals surface area contributed by atoms with Crippen molar-refractivity contribution >= 4 is 11.8 Å². The summed E-state index contributed by atoms with van der Waals surface area (Å²) in [5.74, 6) is 0.620. The van der Waals surface area contributed by atoms with Crippen LogP contribution in [0.3, 0.4) is 0 Å². The maximum Gasteiger partial charge on any atom is 0.225 e. The number of hydrogen-bond donors (Lipinski definition) is 0. The van der Waals surface area contributed by atoms with Gasteiger partial charge in [-0.05, 0) is 25.7 Å². The third kappa shape index (κ3) is 3.24. The lowest BCUT2D eigenvalue weighted by atomic mass is 9.95.